The Labute approximate surface area is 127 Å². The lowest BCUT2D eigenvalue weighted by atomic mass is 10.1. The molecule has 0 heterocycles. The largest absolute Gasteiger partial charge is 0.444 e. The number of ether oxygens (including phenoxy) is 1. The van der Waals surface area contributed by atoms with E-state index in [4.69, 9.17) is 16.3 Å². The Kier molecular flexibility index (Phi) is 5.44. The SMILES string of the molecule is C=C(CBr)c1ccc(Cl)c(NC(=O)OC(C)(C)C)c1. The van der Waals surface area contributed by atoms with E-state index in [-0.39, 0.29) is 0 Å². The zero-order valence-corrected chi connectivity index (χ0v) is 13.6. The van der Waals surface area contributed by atoms with Crippen molar-refractivity contribution in [3.63, 3.8) is 0 Å². The number of nitrogens with one attached hydrogen (secondary N) is 1. The number of benzene rings is 1. The first-order valence-corrected chi connectivity index (χ1v) is 7.26. The fourth-order valence-electron chi connectivity index (χ4n) is 1.33. The molecule has 104 valence electrons. The molecule has 1 aromatic rings. The van der Waals surface area contributed by atoms with Crippen LogP contribution >= 0.6 is 27.5 Å². The molecule has 1 amide bonds. The zero-order chi connectivity index (χ0) is 14.6. The summed E-state index contributed by atoms with van der Waals surface area (Å²) in [5, 5.41) is 3.75. The van der Waals surface area contributed by atoms with E-state index in [1.54, 1.807) is 32.9 Å². The van der Waals surface area contributed by atoms with Crippen molar-refractivity contribution in [3.8, 4) is 0 Å². The lowest BCUT2D eigenvalue weighted by molar-refractivity contribution is 0.0636. The highest BCUT2D eigenvalue weighted by molar-refractivity contribution is 9.09. The smallest absolute Gasteiger partial charge is 0.412 e. The molecule has 0 unspecified atom stereocenters. The zero-order valence-electron chi connectivity index (χ0n) is 11.2. The van der Waals surface area contributed by atoms with Gasteiger partial charge in [-0.25, -0.2) is 4.79 Å². The number of hydrogen-bond acceptors (Lipinski definition) is 2. The van der Waals surface area contributed by atoms with Crippen LogP contribution in [0.1, 0.15) is 26.3 Å². The molecule has 0 saturated heterocycles. The van der Waals surface area contributed by atoms with Gasteiger partial charge >= 0.3 is 6.09 Å². The van der Waals surface area contributed by atoms with E-state index in [0.717, 1.165) is 11.1 Å². The average molecular weight is 347 g/mol. The van der Waals surface area contributed by atoms with Crippen LogP contribution in [0.5, 0.6) is 0 Å². The van der Waals surface area contributed by atoms with Gasteiger partial charge in [0.05, 0.1) is 10.7 Å². The number of halogens is 2. The Morgan fingerprint density at radius 1 is 1.47 bits per heavy atom. The van der Waals surface area contributed by atoms with E-state index >= 15 is 0 Å². The molecule has 1 aromatic carbocycles. The first-order valence-electron chi connectivity index (χ1n) is 5.76. The second-order valence-corrected chi connectivity index (χ2v) is 6.03. The Balaban J connectivity index is 2.88. The Morgan fingerprint density at radius 2 is 2.11 bits per heavy atom. The molecule has 5 heteroatoms. The monoisotopic (exact) mass is 345 g/mol. The van der Waals surface area contributed by atoms with Crippen molar-refractivity contribution >= 4 is 44.9 Å². The van der Waals surface area contributed by atoms with Gasteiger partial charge in [0, 0.05) is 5.33 Å². The average Bonchev–Trinajstić information content (AvgIpc) is 2.28. The highest BCUT2D eigenvalue weighted by Crippen LogP contribution is 2.27. The highest BCUT2D eigenvalue weighted by Gasteiger charge is 2.17. The molecule has 0 bridgehead atoms. The summed E-state index contributed by atoms with van der Waals surface area (Å²) in [7, 11) is 0. The molecule has 3 nitrogen and oxygen atoms in total. The van der Waals surface area contributed by atoms with Crippen molar-refractivity contribution < 1.29 is 9.53 Å². The summed E-state index contributed by atoms with van der Waals surface area (Å²) in [5.41, 5.74) is 1.78. The molecule has 0 aromatic heterocycles. The lowest BCUT2D eigenvalue weighted by Gasteiger charge is -2.20. The predicted octanol–water partition coefficient (Wildman–Crippen LogP) is 5.10. The van der Waals surface area contributed by atoms with E-state index in [9.17, 15) is 4.79 Å². The van der Waals surface area contributed by atoms with Gasteiger partial charge in [0.2, 0.25) is 0 Å². The number of amides is 1. The van der Waals surface area contributed by atoms with Crippen LogP contribution < -0.4 is 5.32 Å². The minimum absolute atomic E-state index is 0.456. The maximum absolute atomic E-state index is 11.7. The van der Waals surface area contributed by atoms with Crippen LogP contribution in [0.3, 0.4) is 0 Å². The lowest BCUT2D eigenvalue weighted by Crippen LogP contribution is -2.27. The van der Waals surface area contributed by atoms with Crippen molar-refractivity contribution in [2.24, 2.45) is 0 Å². The summed E-state index contributed by atoms with van der Waals surface area (Å²) in [4.78, 5) is 11.7. The first-order chi connectivity index (χ1) is 8.73. The molecule has 0 spiro atoms. The molecular weight excluding hydrogens is 330 g/mol. The number of carbonyl (C=O) groups excluding carboxylic acids is 1. The summed E-state index contributed by atoms with van der Waals surface area (Å²) in [5.74, 6) is 0. The number of hydrogen-bond donors (Lipinski definition) is 1. The van der Waals surface area contributed by atoms with Gasteiger partial charge in [0.15, 0.2) is 0 Å². The van der Waals surface area contributed by atoms with E-state index in [1.807, 2.05) is 6.07 Å². The topological polar surface area (TPSA) is 38.3 Å². The van der Waals surface area contributed by atoms with Crippen molar-refractivity contribution in [3.05, 3.63) is 35.4 Å². The summed E-state index contributed by atoms with van der Waals surface area (Å²) < 4.78 is 5.18. The molecule has 0 aliphatic rings. The van der Waals surface area contributed by atoms with Gasteiger partial charge in [-0.05, 0) is 44.0 Å². The molecule has 0 radical (unpaired) electrons. The maximum atomic E-state index is 11.7. The van der Waals surface area contributed by atoms with Gasteiger partial charge < -0.3 is 4.74 Å². The van der Waals surface area contributed by atoms with Crippen LogP contribution in [0.15, 0.2) is 24.8 Å². The van der Waals surface area contributed by atoms with Crippen molar-refractivity contribution in [1.82, 2.24) is 0 Å². The summed E-state index contributed by atoms with van der Waals surface area (Å²) >= 11 is 9.39. The standard InChI is InChI=1S/C14H17BrClNO2/c1-9(8-15)10-5-6-11(16)12(7-10)17-13(18)19-14(2,3)4/h5-7H,1,8H2,2-4H3,(H,17,18). The van der Waals surface area contributed by atoms with Gasteiger partial charge in [-0.2, -0.15) is 0 Å². The summed E-state index contributed by atoms with van der Waals surface area (Å²) in [6, 6.07) is 5.35. The predicted molar refractivity (Wildman–Crippen MR) is 84.1 cm³/mol. The van der Waals surface area contributed by atoms with Crippen LogP contribution in [0.25, 0.3) is 5.57 Å². The maximum Gasteiger partial charge on any atom is 0.412 e. The molecule has 0 aliphatic carbocycles. The number of allylic oxidation sites excluding steroid dienone is 1. The molecule has 19 heavy (non-hydrogen) atoms. The van der Waals surface area contributed by atoms with Crippen LogP contribution in [0, 0.1) is 0 Å². The summed E-state index contributed by atoms with van der Waals surface area (Å²) in [6.45, 7) is 9.33. The fourth-order valence-corrected chi connectivity index (χ4v) is 1.82. The quantitative estimate of drug-likeness (QED) is 0.774. The Bertz CT molecular complexity index is 495. The van der Waals surface area contributed by atoms with E-state index in [0.29, 0.717) is 16.0 Å². The van der Waals surface area contributed by atoms with Gasteiger partial charge in [-0.1, -0.05) is 40.2 Å². The van der Waals surface area contributed by atoms with Crippen LogP contribution in [-0.2, 0) is 4.74 Å². The fraction of sp³-hybridized carbons (Fsp3) is 0.357. The van der Waals surface area contributed by atoms with Crippen molar-refractivity contribution in [1.29, 1.82) is 0 Å². The third kappa shape index (κ3) is 5.25. The van der Waals surface area contributed by atoms with E-state index < -0.39 is 11.7 Å². The van der Waals surface area contributed by atoms with Crippen LogP contribution in [0.4, 0.5) is 10.5 Å². The van der Waals surface area contributed by atoms with E-state index in [1.165, 1.54) is 0 Å². The number of carbonyl (C=O) groups is 1. The molecular formula is C14H17BrClNO2. The molecule has 0 atom stereocenters. The third-order valence-electron chi connectivity index (χ3n) is 2.17. The molecule has 1 rings (SSSR count). The minimum atomic E-state index is -0.548. The van der Waals surface area contributed by atoms with Crippen molar-refractivity contribution in [2.45, 2.75) is 26.4 Å². The third-order valence-corrected chi connectivity index (χ3v) is 3.18. The van der Waals surface area contributed by atoms with Gasteiger partial charge in [-0.15, -0.1) is 0 Å². The van der Waals surface area contributed by atoms with Crippen molar-refractivity contribution in [2.75, 3.05) is 10.6 Å². The van der Waals surface area contributed by atoms with Crippen LogP contribution in [-0.4, -0.2) is 17.0 Å². The molecule has 1 N–H and O–H groups in total. The number of anilines is 1. The molecule has 0 saturated carbocycles. The normalized spacial score (nSPS) is 11.0. The van der Waals surface area contributed by atoms with E-state index in [2.05, 4.69) is 27.8 Å². The highest BCUT2D eigenvalue weighted by atomic mass is 79.9. The van der Waals surface area contributed by atoms with Gasteiger partial charge in [0.1, 0.15) is 5.60 Å². The first kappa shape index (κ1) is 16.1. The summed E-state index contributed by atoms with van der Waals surface area (Å²) in [6.07, 6.45) is -0.531. The second-order valence-electron chi connectivity index (χ2n) is 5.06. The van der Waals surface area contributed by atoms with Crippen LogP contribution in [0.2, 0.25) is 5.02 Å². The molecule has 0 fully saturated rings. The molecule has 0 aliphatic heterocycles. The minimum Gasteiger partial charge on any atom is -0.444 e. The van der Waals surface area contributed by atoms with Gasteiger partial charge in [0.25, 0.3) is 0 Å². The number of rotatable bonds is 3. The van der Waals surface area contributed by atoms with Gasteiger partial charge in [-0.3, -0.25) is 5.32 Å². The number of alkyl halides is 1. The Hall–Kier alpha value is -1.00. The second kappa shape index (κ2) is 6.44. The Morgan fingerprint density at radius 3 is 2.63 bits per heavy atom.